The molecule has 33 heavy (non-hydrogen) atoms. The molecule has 1 aliphatic heterocycles. The lowest BCUT2D eigenvalue weighted by atomic mass is 9.95. The van der Waals surface area contributed by atoms with Gasteiger partial charge in [0.1, 0.15) is 18.0 Å². The van der Waals surface area contributed by atoms with Gasteiger partial charge in [0, 0.05) is 13.1 Å². The number of halogens is 1. The number of carbonyl (C=O) groups is 2. The molecule has 0 unspecified atom stereocenters. The van der Waals surface area contributed by atoms with Crippen molar-refractivity contribution in [1.29, 1.82) is 0 Å². The first-order valence-corrected chi connectivity index (χ1v) is 12.1. The fourth-order valence-electron chi connectivity index (χ4n) is 3.65. The second kappa shape index (κ2) is 9.51. The summed E-state index contributed by atoms with van der Waals surface area (Å²) in [7, 11) is -4.24. The third kappa shape index (κ3) is 5.52. The maximum absolute atomic E-state index is 13.6. The zero-order chi connectivity index (χ0) is 24.3. The summed E-state index contributed by atoms with van der Waals surface area (Å²) in [4.78, 5) is 26.9. The summed E-state index contributed by atoms with van der Waals surface area (Å²) in [6, 6.07) is 13.5. The normalized spacial score (nSPS) is 16.2. The molecule has 178 valence electrons. The van der Waals surface area contributed by atoms with E-state index in [2.05, 4.69) is 0 Å². The molecule has 0 aliphatic carbocycles. The van der Waals surface area contributed by atoms with Crippen molar-refractivity contribution < 1.29 is 31.9 Å². The molecule has 0 spiro atoms. The van der Waals surface area contributed by atoms with Crippen molar-refractivity contribution in [3.05, 3.63) is 66.0 Å². The van der Waals surface area contributed by atoms with Crippen molar-refractivity contribution in [1.82, 2.24) is 4.90 Å². The van der Waals surface area contributed by atoms with E-state index >= 15 is 0 Å². The van der Waals surface area contributed by atoms with Crippen LogP contribution in [0.1, 0.15) is 39.2 Å². The third-order valence-corrected chi connectivity index (χ3v) is 7.94. The lowest BCUT2D eigenvalue weighted by Gasteiger charge is -2.40. The molecule has 0 radical (unpaired) electrons. The van der Waals surface area contributed by atoms with Crippen LogP contribution >= 0.6 is 0 Å². The Bertz CT molecular complexity index is 1090. The highest BCUT2D eigenvalue weighted by molar-refractivity contribution is 7.93. The number of benzene rings is 2. The first-order valence-electron chi connectivity index (χ1n) is 10.6. The minimum Gasteiger partial charge on any atom is -0.459 e. The molecule has 1 heterocycles. The molecule has 0 atom stereocenters. The van der Waals surface area contributed by atoms with E-state index in [4.69, 9.17) is 9.47 Å². The predicted octanol–water partition coefficient (Wildman–Crippen LogP) is 4.11. The molecule has 2 aromatic carbocycles. The summed E-state index contributed by atoms with van der Waals surface area (Å²) in [5.74, 6) is -1.46. The van der Waals surface area contributed by atoms with Gasteiger partial charge < -0.3 is 14.4 Å². The fourth-order valence-corrected chi connectivity index (χ4v) is 5.58. The van der Waals surface area contributed by atoms with Crippen LogP contribution in [0.3, 0.4) is 0 Å². The minimum absolute atomic E-state index is 0.00666. The Morgan fingerprint density at radius 3 is 2.12 bits per heavy atom. The molecule has 0 bridgehead atoms. The zero-order valence-corrected chi connectivity index (χ0v) is 19.7. The zero-order valence-electron chi connectivity index (χ0n) is 18.9. The second-order valence-electron chi connectivity index (χ2n) is 8.98. The van der Waals surface area contributed by atoms with Crippen molar-refractivity contribution in [2.24, 2.45) is 0 Å². The molecule has 1 fully saturated rings. The number of ether oxygens (including phenoxy) is 2. The van der Waals surface area contributed by atoms with E-state index in [1.54, 1.807) is 20.8 Å². The number of amides is 1. The Labute approximate surface area is 193 Å². The van der Waals surface area contributed by atoms with Gasteiger partial charge in [-0.1, -0.05) is 30.3 Å². The molecule has 3 rings (SSSR count). The third-order valence-electron chi connectivity index (χ3n) is 5.44. The number of likely N-dealkylation sites (tertiary alicyclic amines) is 1. The number of nitrogens with zero attached hydrogens (tertiary/aromatic N) is 1. The Morgan fingerprint density at radius 1 is 1.00 bits per heavy atom. The van der Waals surface area contributed by atoms with Crippen LogP contribution in [0.2, 0.25) is 0 Å². The SMILES string of the molecule is CC(C)(C)OC(=O)C1(S(=O)(=O)c2ccc(F)cc2)CCN(C(=O)OCc2ccccc2)CC1. The number of esters is 1. The summed E-state index contributed by atoms with van der Waals surface area (Å²) in [5.41, 5.74) is -0.0846. The van der Waals surface area contributed by atoms with Gasteiger partial charge in [0.05, 0.1) is 4.90 Å². The van der Waals surface area contributed by atoms with Crippen LogP contribution in [-0.2, 0) is 30.7 Å². The quantitative estimate of drug-likeness (QED) is 0.476. The summed E-state index contributed by atoms with van der Waals surface area (Å²) >= 11 is 0. The highest BCUT2D eigenvalue weighted by atomic mass is 32.2. The van der Waals surface area contributed by atoms with Crippen LogP contribution < -0.4 is 0 Å². The van der Waals surface area contributed by atoms with Gasteiger partial charge in [0.15, 0.2) is 14.6 Å². The summed E-state index contributed by atoms with van der Waals surface area (Å²) in [5, 5.41) is 0. The highest BCUT2D eigenvalue weighted by Crippen LogP contribution is 2.38. The van der Waals surface area contributed by atoms with Crippen molar-refractivity contribution in [3.8, 4) is 0 Å². The monoisotopic (exact) mass is 477 g/mol. The molecular weight excluding hydrogens is 449 g/mol. The fraction of sp³-hybridized carbons (Fsp3) is 0.417. The molecule has 1 aliphatic rings. The standard InChI is InChI=1S/C24H28FNO6S/c1-23(2,3)32-21(27)24(33(29,30)20-11-9-19(25)10-12-20)13-15-26(16-14-24)22(28)31-17-18-7-5-4-6-8-18/h4-12H,13-17H2,1-3H3. The van der Waals surface area contributed by atoms with Gasteiger partial charge in [-0.3, -0.25) is 4.79 Å². The number of hydrogen-bond acceptors (Lipinski definition) is 6. The maximum atomic E-state index is 13.6. The van der Waals surface area contributed by atoms with E-state index in [0.29, 0.717) is 0 Å². The van der Waals surface area contributed by atoms with Crippen molar-refractivity contribution in [3.63, 3.8) is 0 Å². The van der Waals surface area contributed by atoms with Gasteiger partial charge in [0.2, 0.25) is 0 Å². The van der Waals surface area contributed by atoms with Crippen LogP contribution in [-0.4, -0.2) is 48.8 Å². The van der Waals surface area contributed by atoms with Gasteiger partial charge in [0.25, 0.3) is 0 Å². The number of hydrogen-bond donors (Lipinski definition) is 0. The van der Waals surface area contributed by atoms with Crippen LogP contribution in [0.5, 0.6) is 0 Å². The topological polar surface area (TPSA) is 90.0 Å². The van der Waals surface area contributed by atoms with Crippen molar-refractivity contribution >= 4 is 21.9 Å². The molecular formula is C24H28FNO6S. The molecule has 2 aromatic rings. The molecule has 0 N–H and O–H groups in total. The first kappa shape index (κ1) is 24.7. The van der Waals surface area contributed by atoms with E-state index in [1.165, 1.54) is 4.90 Å². The number of rotatable bonds is 5. The average molecular weight is 478 g/mol. The van der Waals surface area contributed by atoms with Crippen LogP contribution in [0.15, 0.2) is 59.5 Å². The predicted molar refractivity (Wildman–Crippen MR) is 120 cm³/mol. The lowest BCUT2D eigenvalue weighted by Crippen LogP contribution is -2.57. The molecule has 7 nitrogen and oxygen atoms in total. The van der Waals surface area contributed by atoms with Gasteiger partial charge in [-0.15, -0.1) is 0 Å². The van der Waals surface area contributed by atoms with E-state index in [0.717, 1.165) is 29.8 Å². The Hall–Kier alpha value is -2.94. The van der Waals surface area contributed by atoms with Crippen LogP contribution in [0.25, 0.3) is 0 Å². The van der Waals surface area contributed by atoms with Crippen LogP contribution in [0, 0.1) is 5.82 Å². The minimum atomic E-state index is -4.24. The molecule has 0 saturated carbocycles. The smallest absolute Gasteiger partial charge is 0.410 e. The van der Waals surface area contributed by atoms with E-state index in [1.807, 2.05) is 30.3 Å². The average Bonchev–Trinajstić information content (AvgIpc) is 2.77. The largest absolute Gasteiger partial charge is 0.459 e. The van der Waals surface area contributed by atoms with Crippen LogP contribution in [0.4, 0.5) is 9.18 Å². The maximum Gasteiger partial charge on any atom is 0.410 e. The molecule has 1 amide bonds. The van der Waals surface area contributed by atoms with E-state index in [9.17, 15) is 22.4 Å². The van der Waals surface area contributed by atoms with E-state index < -0.39 is 38.1 Å². The Morgan fingerprint density at radius 2 is 1.58 bits per heavy atom. The van der Waals surface area contributed by atoms with Crippen molar-refractivity contribution in [2.75, 3.05) is 13.1 Å². The molecule has 0 aromatic heterocycles. The van der Waals surface area contributed by atoms with E-state index in [-0.39, 0.29) is 37.4 Å². The van der Waals surface area contributed by atoms with Crippen molar-refractivity contribution in [2.45, 2.75) is 55.5 Å². The Kier molecular flexibility index (Phi) is 7.11. The summed E-state index contributed by atoms with van der Waals surface area (Å²) in [6.45, 7) is 5.03. The first-order chi connectivity index (χ1) is 15.4. The Balaban J connectivity index is 1.81. The highest BCUT2D eigenvalue weighted by Gasteiger charge is 2.55. The molecule has 1 saturated heterocycles. The summed E-state index contributed by atoms with van der Waals surface area (Å²) in [6.07, 6.45) is -0.916. The van der Waals surface area contributed by atoms with Gasteiger partial charge in [-0.25, -0.2) is 17.6 Å². The van der Waals surface area contributed by atoms with Gasteiger partial charge in [-0.05, 0) is 63.4 Å². The second-order valence-corrected chi connectivity index (χ2v) is 11.2. The number of carbonyl (C=O) groups excluding carboxylic acids is 2. The number of sulfone groups is 1. The van der Waals surface area contributed by atoms with Gasteiger partial charge in [-0.2, -0.15) is 0 Å². The summed E-state index contributed by atoms with van der Waals surface area (Å²) < 4.78 is 49.5. The van der Waals surface area contributed by atoms with Gasteiger partial charge >= 0.3 is 12.1 Å². The number of piperidine rings is 1. The lowest BCUT2D eigenvalue weighted by molar-refractivity contribution is -0.159. The molecule has 9 heteroatoms.